The number of anilines is 1. The molecule has 0 radical (unpaired) electrons. The minimum atomic E-state index is -0.428. The second-order valence-electron chi connectivity index (χ2n) is 7.29. The zero-order chi connectivity index (χ0) is 19.5. The van der Waals surface area contributed by atoms with Gasteiger partial charge in [0.2, 0.25) is 17.7 Å². The molecule has 144 valence electrons. The van der Waals surface area contributed by atoms with Crippen LogP contribution in [0.15, 0.2) is 54.6 Å². The summed E-state index contributed by atoms with van der Waals surface area (Å²) in [5.41, 5.74) is 3.24. The zero-order valence-electron chi connectivity index (χ0n) is 15.6. The van der Waals surface area contributed by atoms with Crippen molar-refractivity contribution < 1.29 is 14.4 Å². The molecule has 0 spiro atoms. The Hall–Kier alpha value is -3.15. The molecule has 1 saturated heterocycles. The van der Waals surface area contributed by atoms with Crippen LogP contribution in [0.25, 0.3) is 0 Å². The van der Waals surface area contributed by atoms with Crippen LogP contribution in [0.1, 0.15) is 17.5 Å². The topological polar surface area (TPSA) is 69.7 Å². The number of fused-ring (bicyclic) bond motifs is 1. The van der Waals surface area contributed by atoms with E-state index in [1.54, 1.807) is 9.80 Å². The van der Waals surface area contributed by atoms with Gasteiger partial charge in [-0.05, 0) is 29.7 Å². The minimum Gasteiger partial charge on any atom is -0.347 e. The van der Waals surface area contributed by atoms with Crippen LogP contribution in [0, 0.1) is 5.92 Å². The highest BCUT2D eigenvalue weighted by Crippen LogP contribution is 2.25. The number of carbonyl (C=O) groups is 3. The lowest BCUT2D eigenvalue weighted by Crippen LogP contribution is -2.44. The Bertz CT molecular complexity index is 897. The highest BCUT2D eigenvalue weighted by molar-refractivity contribution is 6.00. The molecule has 4 rings (SSSR count). The van der Waals surface area contributed by atoms with Gasteiger partial charge >= 0.3 is 0 Å². The first-order valence-electron chi connectivity index (χ1n) is 9.59. The van der Waals surface area contributed by atoms with Gasteiger partial charge in [-0.1, -0.05) is 42.5 Å². The van der Waals surface area contributed by atoms with Gasteiger partial charge in [0.1, 0.15) is 0 Å². The quantitative estimate of drug-likeness (QED) is 0.882. The lowest BCUT2D eigenvalue weighted by molar-refractivity contribution is -0.134. The molecule has 0 aliphatic carbocycles. The van der Waals surface area contributed by atoms with Gasteiger partial charge in [-0.3, -0.25) is 14.4 Å². The maximum Gasteiger partial charge on any atom is 0.242 e. The molecule has 6 nitrogen and oxygen atoms in total. The van der Waals surface area contributed by atoms with E-state index >= 15 is 0 Å². The van der Waals surface area contributed by atoms with Gasteiger partial charge in [0.15, 0.2) is 0 Å². The molecule has 2 aliphatic heterocycles. The first-order chi connectivity index (χ1) is 13.6. The number of nitrogens with one attached hydrogen (secondary N) is 1. The Morgan fingerprint density at radius 1 is 1.00 bits per heavy atom. The third-order valence-corrected chi connectivity index (χ3v) is 5.46. The van der Waals surface area contributed by atoms with Crippen molar-refractivity contribution in [1.29, 1.82) is 0 Å². The Labute approximate surface area is 164 Å². The highest BCUT2D eigenvalue weighted by Gasteiger charge is 2.35. The first kappa shape index (κ1) is 18.2. The predicted octanol–water partition coefficient (Wildman–Crippen LogP) is 1.74. The van der Waals surface area contributed by atoms with Crippen molar-refractivity contribution >= 4 is 23.4 Å². The maximum atomic E-state index is 12.5. The monoisotopic (exact) mass is 377 g/mol. The van der Waals surface area contributed by atoms with Crippen LogP contribution in [-0.2, 0) is 27.3 Å². The van der Waals surface area contributed by atoms with Gasteiger partial charge in [-0.2, -0.15) is 0 Å². The molecule has 28 heavy (non-hydrogen) atoms. The number of carbonyl (C=O) groups excluding carboxylic acids is 3. The fourth-order valence-electron chi connectivity index (χ4n) is 3.87. The summed E-state index contributed by atoms with van der Waals surface area (Å²) in [6, 6.07) is 17.5. The maximum absolute atomic E-state index is 12.5. The molecule has 3 amide bonds. The van der Waals surface area contributed by atoms with Crippen LogP contribution in [0.3, 0.4) is 0 Å². The Balaban J connectivity index is 1.30. The molecular weight excluding hydrogens is 354 g/mol. The molecule has 6 heteroatoms. The third kappa shape index (κ3) is 3.76. The molecule has 0 aromatic heterocycles. The zero-order valence-corrected chi connectivity index (χ0v) is 15.6. The Morgan fingerprint density at radius 2 is 1.71 bits per heavy atom. The number of benzene rings is 2. The lowest BCUT2D eigenvalue weighted by Gasteiger charge is -2.29. The van der Waals surface area contributed by atoms with Crippen LogP contribution in [0.2, 0.25) is 0 Å². The normalized spacial score (nSPS) is 18.7. The Morgan fingerprint density at radius 3 is 2.50 bits per heavy atom. The van der Waals surface area contributed by atoms with E-state index in [4.69, 9.17) is 0 Å². The second kappa shape index (κ2) is 7.84. The summed E-state index contributed by atoms with van der Waals surface area (Å²) in [7, 11) is 0. The van der Waals surface area contributed by atoms with Crippen molar-refractivity contribution in [1.82, 2.24) is 10.2 Å². The highest BCUT2D eigenvalue weighted by atomic mass is 16.2. The van der Waals surface area contributed by atoms with Crippen molar-refractivity contribution in [2.75, 3.05) is 24.5 Å². The standard InChI is InChI=1S/C22H23N3O3/c26-20-12-18(15-25(20)19-8-2-1-3-9-19)22(28)23-13-21(27)24-11-10-16-6-4-5-7-17(16)14-24/h1-9,18H,10-15H2,(H,23,28)/t18-/m1/s1. The van der Waals surface area contributed by atoms with Gasteiger partial charge in [0.25, 0.3) is 0 Å². The van der Waals surface area contributed by atoms with Crippen LogP contribution >= 0.6 is 0 Å². The van der Waals surface area contributed by atoms with E-state index in [0.717, 1.165) is 17.7 Å². The number of para-hydroxylation sites is 1. The number of rotatable bonds is 4. The minimum absolute atomic E-state index is 0.0307. The molecule has 1 atom stereocenters. The summed E-state index contributed by atoms with van der Waals surface area (Å²) in [5.74, 6) is -0.822. The average molecular weight is 377 g/mol. The third-order valence-electron chi connectivity index (χ3n) is 5.46. The van der Waals surface area contributed by atoms with Gasteiger partial charge < -0.3 is 15.1 Å². The molecule has 2 aromatic rings. The number of hydrogen-bond donors (Lipinski definition) is 1. The van der Waals surface area contributed by atoms with Crippen LogP contribution in [0.5, 0.6) is 0 Å². The predicted molar refractivity (Wildman–Crippen MR) is 105 cm³/mol. The van der Waals surface area contributed by atoms with Crippen molar-refractivity contribution in [3.05, 3.63) is 65.7 Å². The van der Waals surface area contributed by atoms with E-state index in [-0.39, 0.29) is 30.7 Å². The largest absolute Gasteiger partial charge is 0.347 e. The summed E-state index contributed by atoms with van der Waals surface area (Å²) in [6.45, 7) is 1.56. The van der Waals surface area contributed by atoms with Gasteiger partial charge in [-0.25, -0.2) is 0 Å². The van der Waals surface area contributed by atoms with E-state index in [1.165, 1.54) is 5.56 Å². The first-order valence-corrected chi connectivity index (χ1v) is 9.59. The number of amides is 3. The van der Waals surface area contributed by atoms with E-state index in [0.29, 0.717) is 19.6 Å². The molecule has 0 bridgehead atoms. The van der Waals surface area contributed by atoms with E-state index < -0.39 is 5.92 Å². The van der Waals surface area contributed by atoms with E-state index in [1.807, 2.05) is 48.5 Å². The molecule has 0 unspecified atom stereocenters. The lowest BCUT2D eigenvalue weighted by atomic mass is 10.00. The van der Waals surface area contributed by atoms with Crippen molar-refractivity contribution in [3.8, 4) is 0 Å². The number of hydrogen-bond acceptors (Lipinski definition) is 3. The molecule has 1 fully saturated rings. The smallest absolute Gasteiger partial charge is 0.242 e. The SMILES string of the molecule is O=C(NCC(=O)N1CCc2ccccc2C1)[C@@H]1CC(=O)N(c2ccccc2)C1. The molecule has 0 saturated carbocycles. The van der Waals surface area contributed by atoms with Crippen molar-refractivity contribution in [3.63, 3.8) is 0 Å². The van der Waals surface area contributed by atoms with Crippen molar-refractivity contribution in [2.24, 2.45) is 5.92 Å². The van der Waals surface area contributed by atoms with E-state index in [2.05, 4.69) is 11.4 Å². The van der Waals surface area contributed by atoms with Crippen LogP contribution in [-0.4, -0.2) is 42.3 Å². The molecule has 2 aliphatic rings. The van der Waals surface area contributed by atoms with Crippen molar-refractivity contribution in [2.45, 2.75) is 19.4 Å². The fourth-order valence-corrected chi connectivity index (χ4v) is 3.87. The Kier molecular flexibility index (Phi) is 5.10. The summed E-state index contributed by atoms with van der Waals surface area (Å²) >= 11 is 0. The number of nitrogens with zero attached hydrogens (tertiary/aromatic N) is 2. The molecule has 2 aromatic carbocycles. The fraction of sp³-hybridized carbons (Fsp3) is 0.318. The van der Waals surface area contributed by atoms with Crippen LogP contribution in [0.4, 0.5) is 5.69 Å². The summed E-state index contributed by atoms with van der Waals surface area (Å²) < 4.78 is 0. The molecule has 2 heterocycles. The van der Waals surface area contributed by atoms with E-state index in [9.17, 15) is 14.4 Å². The summed E-state index contributed by atoms with van der Waals surface area (Å²) in [5, 5.41) is 2.73. The summed E-state index contributed by atoms with van der Waals surface area (Å²) in [6.07, 6.45) is 1.00. The second-order valence-corrected chi connectivity index (χ2v) is 7.29. The molecular formula is C22H23N3O3. The van der Waals surface area contributed by atoms with Gasteiger partial charge in [0, 0.05) is 31.7 Å². The molecule has 1 N–H and O–H groups in total. The average Bonchev–Trinajstić information content (AvgIpc) is 3.13. The van der Waals surface area contributed by atoms with Crippen LogP contribution < -0.4 is 10.2 Å². The van der Waals surface area contributed by atoms with Gasteiger partial charge in [0.05, 0.1) is 12.5 Å². The summed E-state index contributed by atoms with van der Waals surface area (Å²) in [4.78, 5) is 40.7. The van der Waals surface area contributed by atoms with Gasteiger partial charge in [-0.15, -0.1) is 0 Å².